The maximum Gasteiger partial charge on any atom is 0.0801 e. The first-order valence-corrected chi connectivity index (χ1v) is 5.97. The minimum absolute atomic E-state index is 0.0288. The van der Waals surface area contributed by atoms with Crippen molar-refractivity contribution in [3.63, 3.8) is 0 Å². The van der Waals surface area contributed by atoms with E-state index >= 15 is 0 Å². The second-order valence-electron chi connectivity index (χ2n) is 3.68. The second-order valence-corrected chi connectivity index (χ2v) is 4.53. The van der Waals surface area contributed by atoms with Crippen LogP contribution in [-0.4, -0.2) is 16.7 Å². The molecule has 0 aliphatic rings. The van der Waals surface area contributed by atoms with Gasteiger partial charge in [0.15, 0.2) is 0 Å². The van der Waals surface area contributed by atoms with Crippen molar-refractivity contribution in [1.82, 2.24) is 4.98 Å². The lowest BCUT2D eigenvalue weighted by Gasteiger charge is -2.08. The van der Waals surface area contributed by atoms with Crippen molar-refractivity contribution in [3.8, 4) is 10.4 Å². The molecule has 2 aromatic rings. The number of rotatable bonds is 3. The molecule has 3 nitrogen and oxygen atoms in total. The summed E-state index contributed by atoms with van der Waals surface area (Å²) in [4.78, 5) is 5.40. The van der Waals surface area contributed by atoms with Crippen molar-refractivity contribution in [3.05, 3.63) is 41.0 Å². The van der Waals surface area contributed by atoms with Crippen LogP contribution >= 0.6 is 11.3 Å². The van der Waals surface area contributed by atoms with E-state index in [0.29, 0.717) is 0 Å². The maximum absolute atomic E-state index is 8.95. The number of hydrogen-bond donors (Lipinski definition) is 2. The fourth-order valence-corrected chi connectivity index (χ4v) is 2.38. The van der Waals surface area contributed by atoms with Crippen molar-refractivity contribution >= 4 is 11.3 Å². The summed E-state index contributed by atoms with van der Waals surface area (Å²) in [6.45, 7) is 1.97. The Morgan fingerprint density at radius 3 is 2.56 bits per heavy atom. The molecule has 1 atom stereocenters. The first kappa shape index (κ1) is 11.3. The lowest BCUT2D eigenvalue weighted by Crippen LogP contribution is -2.14. The van der Waals surface area contributed by atoms with E-state index in [4.69, 9.17) is 10.8 Å². The molecule has 4 heteroatoms. The number of benzene rings is 1. The van der Waals surface area contributed by atoms with Crippen LogP contribution in [0.2, 0.25) is 0 Å². The zero-order valence-electron chi connectivity index (χ0n) is 9.05. The van der Waals surface area contributed by atoms with Crippen LogP contribution in [-0.2, 0) is 0 Å². The van der Waals surface area contributed by atoms with Crippen LogP contribution in [0.15, 0.2) is 29.8 Å². The number of aromatic nitrogens is 1. The third-order valence-corrected chi connectivity index (χ3v) is 3.52. The van der Waals surface area contributed by atoms with Crippen LogP contribution in [0, 0.1) is 6.92 Å². The molecule has 1 aromatic heterocycles. The summed E-state index contributed by atoms with van der Waals surface area (Å²) in [7, 11) is 0. The quantitative estimate of drug-likeness (QED) is 0.855. The van der Waals surface area contributed by atoms with E-state index in [0.717, 1.165) is 16.8 Å². The summed E-state index contributed by atoms with van der Waals surface area (Å²) in [6, 6.07) is 7.65. The third kappa shape index (κ3) is 2.14. The number of aliphatic hydroxyl groups excluding tert-OH is 1. The molecule has 16 heavy (non-hydrogen) atoms. The van der Waals surface area contributed by atoms with Crippen LogP contribution in [0.1, 0.15) is 17.3 Å². The summed E-state index contributed by atoms with van der Waals surface area (Å²) >= 11 is 1.63. The summed E-state index contributed by atoms with van der Waals surface area (Å²) in [5, 5.41) is 8.95. The summed E-state index contributed by atoms with van der Waals surface area (Å²) in [6.07, 6.45) is 0. The van der Waals surface area contributed by atoms with Crippen molar-refractivity contribution in [2.24, 2.45) is 5.73 Å². The molecule has 1 aromatic carbocycles. The standard InChI is InChI=1S/C12H14N2OS/c1-8-12(16-7-14-8)10-4-2-9(3-5-10)11(13)6-15/h2-5,7,11,15H,6,13H2,1H3/t11-/m0/s1. The number of nitrogens with two attached hydrogens (primary N) is 1. The normalized spacial score (nSPS) is 12.7. The molecule has 0 fully saturated rings. The summed E-state index contributed by atoms with van der Waals surface area (Å²) < 4.78 is 0. The van der Waals surface area contributed by atoms with Gasteiger partial charge < -0.3 is 10.8 Å². The third-order valence-electron chi connectivity index (χ3n) is 2.54. The van der Waals surface area contributed by atoms with Gasteiger partial charge in [-0.05, 0) is 18.1 Å². The van der Waals surface area contributed by atoms with E-state index in [1.54, 1.807) is 11.3 Å². The maximum atomic E-state index is 8.95. The number of nitrogens with zero attached hydrogens (tertiary/aromatic N) is 1. The van der Waals surface area contributed by atoms with Gasteiger partial charge in [-0.1, -0.05) is 24.3 Å². The Labute approximate surface area is 98.6 Å². The fourth-order valence-electron chi connectivity index (χ4n) is 1.57. The van der Waals surface area contributed by atoms with Gasteiger partial charge >= 0.3 is 0 Å². The Morgan fingerprint density at radius 1 is 1.38 bits per heavy atom. The van der Waals surface area contributed by atoms with Crippen molar-refractivity contribution < 1.29 is 5.11 Å². The molecule has 0 saturated heterocycles. The number of aliphatic hydroxyl groups is 1. The smallest absolute Gasteiger partial charge is 0.0801 e. The van der Waals surface area contributed by atoms with E-state index in [1.165, 1.54) is 4.88 Å². The molecule has 2 rings (SSSR count). The monoisotopic (exact) mass is 234 g/mol. The number of aryl methyl sites for hydroxylation is 1. The van der Waals surface area contributed by atoms with Gasteiger partial charge in [0.2, 0.25) is 0 Å². The van der Waals surface area contributed by atoms with Crippen LogP contribution in [0.25, 0.3) is 10.4 Å². The Balaban J connectivity index is 2.30. The first-order valence-electron chi connectivity index (χ1n) is 5.09. The zero-order valence-corrected chi connectivity index (χ0v) is 9.87. The highest BCUT2D eigenvalue weighted by Gasteiger charge is 2.07. The molecule has 0 saturated carbocycles. The van der Waals surface area contributed by atoms with Gasteiger partial charge in [0.25, 0.3) is 0 Å². The van der Waals surface area contributed by atoms with E-state index in [1.807, 2.05) is 36.7 Å². The fraction of sp³-hybridized carbons (Fsp3) is 0.250. The van der Waals surface area contributed by atoms with Crippen molar-refractivity contribution in [2.75, 3.05) is 6.61 Å². The van der Waals surface area contributed by atoms with Crippen molar-refractivity contribution in [2.45, 2.75) is 13.0 Å². The summed E-state index contributed by atoms with van der Waals surface area (Å²) in [5.74, 6) is 0. The van der Waals surface area contributed by atoms with E-state index in [2.05, 4.69) is 4.98 Å². The van der Waals surface area contributed by atoms with E-state index in [-0.39, 0.29) is 12.6 Å². The molecule has 0 aliphatic carbocycles. The number of hydrogen-bond acceptors (Lipinski definition) is 4. The van der Waals surface area contributed by atoms with Crippen LogP contribution in [0.3, 0.4) is 0 Å². The average molecular weight is 234 g/mol. The van der Waals surface area contributed by atoms with Gasteiger partial charge in [-0.3, -0.25) is 0 Å². The molecule has 0 bridgehead atoms. The topological polar surface area (TPSA) is 59.1 Å². The van der Waals surface area contributed by atoms with Crippen molar-refractivity contribution in [1.29, 1.82) is 0 Å². The Bertz CT molecular complexity index is 464. The highest BCUT2D eigenvalue weighted by Crippen LogP contribution is 2.27. The average Bonchev–Trinajstić information content (AvgIpc) is 2.75. The summed E-state index contributed by atoms with van der Waals surface area (Å²) in [5.41, 5.74) is 10.7. The minimum Gasteiger partial charge on any atom is -0.394 e. The number of thiazole rings is 1. The van der Waals surface area contributed by atoms with E-state index < -0.39 is 0 Å². The Morgan fingerprint density at radius 2 is 2.06 bits per heavy atom. The van der Waals surface area contributed by atoms with Crippen LogP contribution in [0.5, 0.6) is 0 Å². The van der Waals surface area contributed by atoms with Gasteiger partial charge in [-0.25, -0.2) is 4.98 Å². The van der Waals surface area contributed by atoms with Gasteiger partial charge in [-0.15, -0.1) is 11.3 Å². The van der Waals surface area contributed by atoms with Gasteiger partial charge in [0.1, 0.15) is 0 Å². The van der Waals surface area contributed by atoms with Crippen LogP contribution < -0.4 is 5.73 Å². The SMILES string of the molecule is Cc1ncsc1-c1ccc([C@@H](N)CO)cc1. The molecule has 1 heterocycles. The predicted octanol–water partition coefficient (Wildman–Crippen LogP) is 2.11. The van der Waals surface area contributed by atoms with Gasteiger partial charge in [0.05, 0.1) is 28.7 Å². The molecule has 0 unspecified atom stereocenters. The first-order chi connectivity index (χ1) is 7.72. The molecule has 3 N–H and O–H groups in total. The highest BCUT2D eigenvalue weighted by atomic mass is 32.1. The Kier molecular flexibility index (Phi) is 3.33. The molecule has 0 radical (unpaired) electrons. The lowest BCUT2D eigenvalue weighted by molar-refractivity contribution is 0.268. The Hall–Kier alpha value is -1.23. The largest absolute Gasteiger partial charge is 0.394 e. The molecule has 0 aliphatic heterocycles. The molecule has 0 spiro atoms. The lowest BCUT2D eigenvalue weighted by atomic mass is 10.1. The van der Waals surface area contributed by atoms with Gasteiger partial charge in [0, 0.05) is 0 Å². The molecular formula is C12H14N2OS. The highest BCUT2D eigenvalue weighted by molar-refractivity contribution is 7.13. The predicted molar refractivity (Wildman–Crippen MR) is 66.3 cm³/mol. The second kappa shape index (κ2) is 4.74. The minimum atomic E-state index is -0.295. The molecule has 84 valence electrons. The molecule has 0 amide bonds. The van der Waals surface area contributed by atoms with E-state index in [9.17, 15) is 0 Å². The van der Waals surface area contributed by atoms with Gasteiger partial charge in [-0.2, -0.15) is 0 Å². The zero-order chi connectivity index (χ0) is 11.5. The van der Waals surface area contributed by atoms with Crippen LogP contribution in [0.4, 0.5) is 0 Å². The molecular weight excluding hydrogens is 220 g/mol.